The largest absolute Gasteiger partial charge is 0.476 e. The molecule has 0 amide bonds. The van der Waals surface area contributed by atoms with Gasteiger partial charge in [-0.2, -0.15) is 5.10 Å². The highest BCUT2D eigenvalue weighted by atomic mass is 16.4. The number of aryl methyl sites for hydroxylation is 2. The zero-order valence-electron chi connectivity index (χ0n) is 7.69. The van der Waals surface area contributed by atoms with Crippen molar-refractivity contribution in [2.24, 2.45) is 0 Å². The van der Waals surface area contributed by atoms with Crippen molar-refractivity contribution in [1.82, 2.24) is 29.8 Å². The standard InChI is InChI=1S/C7H8N6O2/c14-7(15)6-3-12(11-10-6)1-2-13-5-8-4-9-13/h3-5H,1-2H2,(H,14,15). The number of carboxylic acid groups (broad SMARTS) is 1. The van der Waals surface area contributed by atoms with Crippen molar-refractivity contribution in [2.45, 2.75) is 13.1 Å². The second kappa shape index (κ2) is 3.86. The summed E-state index contributed by atoms with van der Waals surface area (Å²) < 4.78 is 3.08. The van der Waals surface area contributed by atoms with E-state index in [1.165, 1.54) is 17.2 Å². The topological polar surface area (TPSA) is 98.7 Å². The average Bonchev–Trinajstić information content (AvgIpc) is 2.86. The molecule has 0 fully saturated rings. The van der Waals surface area contributed by atoms with Crippen LogP contribution >= 0.6 is 0 Å². The molecule has 0 aliphatic heterocycles. The summed E-state index contributed by atoms with van der Waals surface area (Å²) in [6.07, 6.45) is 4.39. The Morgan fingerprint density at radius 3 is 2.80 bits per heavy atom. The van der Waals surface area contributed by atoms with Crippen LogP contribution in [0.4, 0.5) is 0 Å². The number of carbonyl (C=O) groups is 1. The minimum absolute atomic E-state index is 0.0615. The molecule has 0 aliphatic carbocycles. The molecule has 0 aromatic carbocycles. The van der Waals surface area contributed by atoms with Crippen molar-refractivity contribution in [3.05, 3.63) is 24.5 Å². The average molecular weight is 208 g/mol. The number of hydrogen-bond donors (Lipinski definition) is 1. The first-order chi connectivity index (χ1) is 7.25. The Hall–Kier alpha value is -2.25. The third-order valence-electron chi connectivity index (χ3n) is 1.78. The maximum atomic E-state index is 10.5. The number of aromatic nitrogens is 6. The monoisotopic (exact) mass is 208 g/mol. The van der Waals surface area contributed by atoms with Crippen LogP contribution in [0, 0.1) is 0 Å². The normalized spacial score (nSPS) is 10.4. The summed E-state index contributed by atoms with van der Waals surface area (Å²) in [5.41, 5.74) is -0.0615. The molecule has 0 saturated carbocycles. The molecule has 2 rings (SSSR count). The van der Waals surface area contributed by atoms with Crippen LogP contribution in [0.15, 0.2) is 18.9 Å². The Morgan fingerprint density at radius 2 is 2.20 bits per heavy atom. The van der Waals surface area contributed by atoms with Crippen LogP contribution in [-0.2, 0) is 13.1 Å². The summed E-state index contributed by atoms with van der Waals surface area (Å²) in [4.78, 5) is 14.3. The van der Waals surface area contributed by atoms with Gasteiger partial charge in [-0.25, -0.2) is 14.5 Å². The summed E-state index contributed by atoms with van der Waals surface area (Å²) >= 11 is 0. The van der Waals surface area contributed by atoms with Gasteiger partial charge in [-0.1, -0.05) is 5.21 Å². The van der Waals surface area contributed by atoms with E-state index in [9.17, 15) is 4.79 Å². The summed E-state index contributed by atoms with van der Waals surface area (Å²) in [6.45, 7) is 1.08. The van der Waals surface area contributed by atoms with E-state index in [0.717, 1.165) is 0 Å². The van der Waals surface area contributed by atoms with E-state index in [0.29, 0.717) is 13.1 Å². The van der Waals surface area contributed by atoms with Crippen molar-refractivity contribution >= 4 is 5.97 Å². The molecule has 78 valence electrons. The number of rotatable bonds is 4. The van der Waals surface area contributed by atoms with Gasteiger partial charge in [-0.3, -0.25) is 4.68 Å². The molecule has 0 radical (unpaired) electrons. The molecule has 0 spiro atoms. The van der Waals surface area contributed by atoms with Crippen LogP contribution < -0.4 is 0 Å². The maximum Gasteiger partial charge on any atom is 0.358 e. The van der Waals surface area contributed by atoms with Crippen LogP contribution in [0.1, 0.15) is 10.5 Å². The molecule has 15 heavy (non-hydrogen) atoms. The van der Waals surface area contributed by atoms with Gasteiger partial charge >= 0.3 is 5.97 Å². The fourth-order valence-electron chi connectivity index (χ4n) is 1.06. The first kappa shape index (κ1) is 9.31. The SMILES string of the molecule is O=C(O)c1cn(CCn2cncn2)nn1. The number of nitrogens with zero attached hydrogens (tertiary/aromatic N) is 6. The summed E-state index contributed by atoms with van der Waals surface area (Å²) in [7, 11) is 0. The van der Waals surface area contributed by atoms with E-state index in [1.807, 2.05) is 0 Å². The Labute approximate surface area is 84.2 Å². The first-order valence-corrected chi connectivity index (χ1v) is 4.21. The number of carboxylic acids is 1. The first-order valence-electron chi connectivity index (χ1n) is 4.21. The van der Waals surface area contributed by atoms with Crippen LogP contribution in [0.2, 0.25) is 0 Å². The highest BCUT2D eigenvalue weighted by Crippen LogP contribution is 1.93. The molecule has 0 unspecified atom stereocenters. The lowest BCUT2D eigenvalue weighted by atomic mass is 10.5. The lowest BCUT2D eigenvalue weighted by molar-refractivity contribution is 0.0690. The van der Waals surface area contributed by atoms with Crippen LogP contribution in [-0.4, -0.2) is 40.8 Å². The maximum absolute atomic E-state index is 10.5. The van der Waals surface area contributed by atoms with Gasteiger partial charge in [-0.05, 0) is 0 Å². The Kier molecular flexibility index (Phi) is 2.40. The highest BCUT2D eigenvalue weighted by Gasteiger charge is 2.07. The quantitative estimate of drug-likeness (QED) is 0.711. The summed E-state index contributed by atoms with van der Waals surface area (Å²) in [6, 6.07) is 0. The third kappa shape index (κ3) is 2.16. The van der Waals surface area contributed by atoms with E-state index in [-0.39, 0.29) is 5.69 Å². The Bertz CT molecular complexity index is 448. The third-order valence-corrected chi connectivity index (χ3v) is 1.78. The van der Waals surface area contributed by atoms with Gasteiger partial charge < -0.3 is 5.11 Å². The predicted octanol–water partition coefficient (Wildman–Crippen LogP) is -0.732. The smallest absolute Gasteiger partial charge is 0.358 e. The molecule has 8 nitrogen and oxygen atoms in total. The van der Waals surface area contributed by atoms with Crippen molar-refractivity contribution < 1.29 is 9.90 Å². The van der Waals surface area contributed by atoms with Gasteiger partial charge in [0.15, 0.2) is 5.69 Å². The molecule has 2 aromatic rings. The van der Waals surface area contributed by atoms with Gasteiger partial charge in [0.1, 0.15) is 12.7 Å². The molecule has 2 heterocycles. The minimum atomic E-state index is -1.08. The predicted molar refractivity (Wildman–Crippen MR) is 47.0 cm³/mol. The molecular formula is C7H8N6O2. The van der Waals surface area contributed by atoms with Gasteiger partial charge in [0.25, 0.3) is 0 Å². The highest BCUT2D eigenvalue weighted by molar-refractivity contribution is 5.84. The van der Waals surface area contributed by atoms with Gasteiger partial charge in [-0.15, -0.1) is 5.10 Å². The second-order valence-electron chi connectivity index (χ2n) is 2.83. The second-order valence-corrected chi connectivity index (χ2v) is 2.83. The van der Waals surface area contributed by atoms with E-state index in [2.05, 4.69) is 20.4 Å². The molecule has 0 saturated heterocycles. The minimum Gasteiger partial charge on any atom is -0.476 e. The van der Waals surface area contributed by atoms with E-state index < -0.39 is 5.97 Å². The fourth-order valence-corrected chi connectivity index (χ4v) is 1.06. The molecule has 0 bridgehead atoms. The summed E-state index contributed by atoms with van der Waals surface area (Å²) in [5, 5.41) is 19.7. The molecule has 0 aliphatic rings. The van der Waals surface area contributed by atoms with Gasteiger partial charge in [0, 0.05) is 0 Å². The zero-order chi connectivity index (χ0) is 10.7. The Balaban J connectivity index is 1.96. The van der Waals surface area contributed by atoms with Crippen molar-refractivity contribution in [3.8, 4) is 0 Å². The van der Waals surface area contributed by atoms with Crippen LogP contribution in [0.5, 0.6) is 0 Å². The summed E-state index contributed by atoms with van der Waals surface area (Å²) in [5.74, 6) is -1.08. The van der Waals surface area contributed by atoms with Crippen molar-refractivity contribution in [3.63, 3.8) is 0 Å². The van der Waals surface area contributed by atoms with E-state index in [1.54, 1.807) is 11.0 Å². The molecule has 2 aromatic heterocycles. The van der Waals surface area contributed by atoms with Crippen molar-refractivity contribution in [2.75, 3.05) is 0 Å². The number of aromatic carboxylic acids is 1. The molecule has 0 atom stereocenters. The number of hydrogen-bond acceptors (Lipinski definition) is 5. The van der Waals surface area contributed by atoms with Gasteiger partial charge in [0.2, 0.25) is 0 Å². The van der Waals surface area contributed by atoms with E-state index in [4.69, 9.17) is 5.11 Å². The Morgan fingerprint density at radius 1 is 1.40 bits per heavy atom. The molecule has 8 heteroatoms. The zero-order valence-corrected chi connectivity index (χ0v) is 7.69. The van der Waals surface area contributed by atoms with E-state index >= 15 is 0 Å². The molecule has 1 N–H and O–H groups in total. The lowest BCUT2D eigenvalue weighted by Gasteiger charge is -1.98. The van der Waals surface area contributed by atoms with Crippen LogP contribution in [0.3, 0.4) is 0 Å². The van der Waals surface area contributed by atoms with Crippen LogP contribution in [0.25, 0.3) is 0 Å². The van der Waals surface area contributed by atoms with Gasteiger partial charge in [0.05, 0.1) is 19.3 Å². The lowest BCUT2D eigenvalue weighted by Crippen LogP contribution is -2.08. The molecular weight excluding hydrogens is 200 g/mol. The fraction of sp³-hybridized carbons (Fsp3) is 0.286. The van der Waals surface area contributed by atoms with Crippen molar-refractivity contribution in [1.29, 1.82) is 0 Å².